The Bertz CT molecular complexity index is 217. The van der Waals surface area contributed by atoms with Crippen molar-refractivity contribution in [1.82, 2.24) is 0 Å². The Morgan fingerprint density at radius 1 is 1.56 bits per heavy atom. The average molecular weight is 122 g/mol. The van der Waals surface area contributed by atoms with Crippen LogP contribution in [0.4, 0.5) is 0 Å². The van der Waals surface area contributed by atoms with Gasteiger partial charge >= 0.3 is 5.97 Å². The van der Waals surface area contributed by atoms with Crippen molar-refractivity contribution in [3.05, 3.63) is 12.2 Å². The van der Waals surface area contributed by atoms with Crippen molar-refractivity contribution in [3.63, 3.8) is 0 Å². The highest BCUT2D eigenvalue weighted by atomic mass is 16.7. The monoisotopic (exact) mass is 122 g/mol. The van der Waals surface area contributed by atoms with Gasteiger partial charge in [-0.1, -0.05) is 12.2 Å². The molecule has 0 aromatic carbocycles. The highest BCUT2D eigenvalue weighted by molar-refractivity contribution is 5.96. The van der Waals surface area contributed by atoms with Gasteiger partial charge in [0.2, 0.25) is 5.60 Å². The largest absolute Gasteiger partial charge is 0.443 e. The van der Waals surface area contributed by atoms with Gasteiger partial charge in [-0.15, -0.1) is 0 Å². The molecule has 46 valence electrons. The van der Waals surface area contributed by atoms with E-state index in [2.05, 4.69) is 12.2 Å². The molecule has 1 aliphatic heterocycles. The van der Waals surface area contributed by atoms with E-state index in [1.807, 2.05) is 0 Å². The van der Waals surface area contributed by atoms with Gasteiger partial charge in [0, 0.05) is 11.8 Å². The van der Waals surface area contributed by atoms with Crippen LogP contribution in [0.25, 0.3) is 0 Å². The van der Waals surface area contributed by atoms with Crippen molar-refractivity contribution in [2.24, 2.45) is 11.8 Å². The van der Waals surface area contributed by atoms with E-state index in [1.165, 1.54) is 0 Å². The maximum Gasteiger partial charge on any atom is 0.353 e. The molecule has 4 rings (SSSR count). The Hall–Kier alpha value is -0.790. The number of rotatable bonds is 0. The molecule has 0 aromatic heterocycles. The Labute approximate surface area is 52.5 Å². The minimum Gasteiger partial charge on any atom is -0.443 e. The Morgan fingerprint density at radius 2 is 2.11 bits per heavy atom. The second kappa shape index (κ2) is 0.838. The lowest BCUT2D eigenvalue weighted by molar-refractivity contribution is -0.117. The van der Waals surface area contributed by atoms with Crippen molar-refractivity contribution < 1.29 is 9.53 Å². The van der Waals surface area contributed by atoms with E-state index in [-0.39, 0.29) is 11.6 Å². The first-order valence-electron chi connectivity index (χ1n) is 3.26. The summed E-state index contributed by atoms with van der Waals surface area (Å²) in [6.07, 6.45) is 5.36. The number of hydrogen-bond donors (Lipinski definition) is 0. The molecule has 2 heteroatoms. The van der Waals surface area contributed by atoms with E-state index in [1.54, 1.807) is 0 Å². The SMILES string of the molecule is O=C1OC12C1C=CC2C1. The topological polar surface area (TPSA) is 29.6 Å². The van der Waals surface area contributed by atoms with E-state index < -0.39 is 0 Å². The van der Waals surface area contributed by atoms with Crippen LogP contribution >= 0.6 is 0 Å². The number of epoxide rings is 1. The van der Waals surface area contributed by atoms with Crippen LogP contribution in [0.2, 0.25) is 0 Å². The predicted molar refractivity (Wildman–Crippen MR) is 29.6 cm³/mol. The third-order valence-corrected chi connectivity index (χ3v) is 2.72. The number of carbonyl (C=O) groups is 1. The molecule has 0 amide bonds. The molecule has 2 fully saturated rings. The van der Waals surface area contributed by atoms with Crippen LogP contribution < -0.4 is 0 Å². The van der Waals surface area contributed by atoms with E-state index >= 15 is 0 Å². The van der Waals surface area contributed by atoms with Crippen LogP contribution in [0, 0.1) is 11.8 Å². The Kier molecular flexibility index (Phi) is 0.381. The first-order chi connectivity index (χ1) is 4.34. The first-order valence-corrected chi connectivity index (χ1v) is 3.26. The van der Waals surface area contributed by atoms with Crippen LogP contribution in [0.3, 0.4) is 0 Å². The summed E-state index contributed by atoms with van der Waals surface area (Å²) in [5.74, 6) is 0.902. The standard InChI is InChI=1S/C7H6O2/c8-6-7(9-6)4-1-2-5(7)3-4/h1-2,4-5H,3H2. The lowest BCUT2D eigenvalue weighted by Crippen LogP contribution is -2.39. The molecule has 2 nitrogen and oxygen atoms in total. The molecular weight excluding hydrogens is 116 g/mol. The minimum atomic E-state index is -0.292. The molecule has 9 heavy (non-hydrogen) atoms. The quantitative estimate of drug-likeness (QED) is 0.345. The fourth-order valence-corrected chi connectivity index (χ4v) is 2.03. The molecular formula is C7H6O2. The fraction of sp³-hybridized carbons (Fsp3) is 0.571. The zero-order valence-corrected chi connectivity index (χ0v) is 4.83. The maximum atomic E-state index is 10.7. The van der Waals surface area contributed by atoms with Gasteiger partial charge in [0.15, 0.2) is 0 Å². The molecule has 0 aromatic rings. The van der Waals surface area contributed by atoms with E-state index in [4.69, 9.17) is 4.74 Å². The normalized spacial score (nSPS) is 57.6. The molecule has 1 saturated carbocycles. The molecule has 3 aliphatic carbocycles. The summed E-state index contributed by atoms with van der Waals surface area (Å²) in [4.78, 5) is 10.7. The second-order valence-electron chi connectivity index (χ2n) is 3.02. The zero-order valence-electron chi connectivity index (χ0n) is 4.83. The van der Waals surface area contributed by atoms with Gasteiger partial charge in [-0.05, 0) is 6.42 Å². The third-order valence-electron chi connectivity index (χ3n) is 2.72. The van der Waals surface area contributed by atoms with Crippen LogP contribution in [-0.2, 0) is 9.53 Å². The van der Waals surface area contributed by atoms with E-state index in [9.17, 15) is 4.79 Å². The van der Waals surface area contributed by atoms with Gasteiger partial charge in [-0.3, -0.25) is 0 Å². The molecule has 1 saturated heterocycles. The van der Waals surface area contributed by atoms with Crippen molar-refractivity contribution in [2.75, 3.05) is 0 Å². The van der Waals surface area contributed by atoms with Gasteiger partial charge in [0.1, 0.15) is 0 Å². The van der Waals surface area contributed by atoms with Gasteiger partial charge in [0.25, 0.3) is 0 Å². The first kappa shape index (κ1) is 4.09. The molecule has 0 N–H and O–H groups in total. The van der Waals surface area contributed by atoms with Gasteiger partial charge < -0.3 is 4.74 Å². The van der Waals surface area contributed by atoms with Crippen LogP contribution in [0.15, 0.2) is 12.2 Å². The second-order valence-corrected chi connectivity index (χ2v) is 3.02. The van der Waals surface area contributed by atoms with Crippen molar-refractivity contribution >= 4 is 5.97 Å². The smallest absolute Gasteiger partial charge is 0.353 e. The number of carbonyl (C=O) groups excluding carboxylic acids is 1. The summed E-state index contributed by atoms with van der Waals surface area (Å²) in [6, 6.07) is 0. The summed E-state index contributed by atoms with van der Waals surface area (Å²) < 4.78 is 4.93. The highest BCUT2D eigenvalue weighted by Gasteiger charge is 2.75. The molecule has 2 bridgehead atoms. The van der Waals surface area contributed by atoms with Crippen LogP contribution in [0.1, 0.15) is 6.42 Å². The lowest BCUT2D eigenvalue weighted by Gasteiger charge is -2.28. The molecule has 1 heterocycles. The van der Waals surface area contributed by atoms with Crippen molar-refractivity contribution in [3.8, 4) is 0 Å². The van der Waals surface area contributed by atoms with Crippen molar-refractivity contribution in [2.45, 2.75) is 12.0 Å². The fourth-order valence-electron chi connectivity index (χ4n) is 2.03. The van der Waals surface area contributed by atoms with Crippen LogP contribution in [0.5, 0.6) is 0 Å². The van der Waals surface area contributed by atoms with Gasteiger partial charge in [-0.25, -0.2) is 4.79 Å². The Balaban J connectivity index is 2.09. The summed E-state index contributed by atoms with van der Waals surface area (Å²) in [6.45, 7) is 0. The Morgan fingerprint density at radius 3 is 2.33 bits per heavy atom. The average Bonchev–Trinajstić information content (AvgIpc) is 2.37. The summed E-state index contributed by atoms with van der Waals surface area (Å²) in [5, 5.41) is 0. The number of hydrogen-bond acceptors (Lipinski definition) is 2. The number of ether oxygens (including phenoxy) is 1. The lowest BCUT2D eigenvalue weighted by atomic mass is 9.71. The minimum absolute atomic E-state index is 0.0220. The molecule has 1 spiro atoms. The third kappa shape index (κ3) is 0.229. The summed E-state index contributed by atoms with van der Waals surface area (Å²) >= 11 is 0. The molecule has 2 atom stereocenters. The van der Waals surface area contributed by atoms with Crippen molar-refractivity contribution in [1.29, 1.82) is 0 Å². The van der Waals surface area contributed by atoms with E-state index in [0.717, 1.165) is 6.42 Å². The summed E-state index contributed by atoms with van der Waals surface area (Å²) in [5.41, 5.74) is -0.292. The maximum absolute atomic E-state index is 10.7. The zero-order chi connectivity index (χ0) is 6.06. The van der Waals surface area contributed by atoms with Gasteiger partial charge in [0.05, 0.1) is 0 Å². The van der Waals surface area contributed by atoms with E-state index in [0.29, 0.717) is 11.8 Å². The van der Waals surface area contributed by atoms with Crippen LogP contribution in [-0.4, -0.2) is 11.6 Å². The molecule has 2 unspecified atom stereocenters. The molecule has 0 radical (unpaired) electrons. The van der Waals surface area contributed by atoms with Gasteiger partial charge in [-0.2, -0.15) is 0 Å². The summed E-state index contributed by atoms with van der Waals surface area (Å²) in [7, 11) is 0. The molecule has 4 aliphatic rings. The highest BCUT2D eigenvalue weighted by Crippen LogP contribution is 2.61. The predicted octanol–water partition coefficient (Wildman–Crippen LogP) is 0.488.